The van der Waals surface area contributed by atoms with Gasteiger partial charge >= 0.3 is 0 Å². The van der Waals surface area contributed by atoms with Gasteiger partial charge in [0.2, 0.25) is 0 Å². The number of hydrogen-bond acceptors (Lipinski definition) is 4. The first-order valence-electron chi connectivity index (χ1n) is 7.93. The van der Waals surface area contributed by atoms with E-state index in [-0.39, 0.29) is 4.90 Å². The largest absolute Gasteiger partial charge is 0.340 e. The van der Waals surface area contributed by atoms with Gasteiger partial charge in [0, 0.05) is 10.7 Å². The Kier molecular flexibility index (Phi) is 5.15. The molecule has 2 N–H and O–H groups in total. The zero-order valence-corrected chi connectivity index (χ0v) is 15.9. The van der Waals surface area contributed by atoms with Crippen LogP contribution in [0.15, 0.2) is 65.7 Å². The van der Waals surface area contributed by atoms with Crippen molar-refractivity contribution >= 4 is 38.8 Å². The van der Waals surface area contributed by atoms with Crippen molar-refractivity contribution in [2.45, 2.75) is 18.7 Å². The molecule has 134 valence electrons. The fraction of sp³-hybridized carbons (Fsp3) is 0.105. The van der Waals surface area contributed by atoms with Crippen molar-refractivity contribution in [3.05, 3.63) is 76.9 Å². The fourth-order valence-electron chi connectivity index (χ4n) is 2.41. The average molecular weight is 388 g/mol. The molecule has 3 aromatic rings. The minimum atomic E-state index is -3.65. The summed E-state index contributed by atoms with van der Waals surface area (Å²) >= 11 is 6.11. The Bertz CT molecular complexity index is 1030. The monoisotopic (exact) mass is 387 g/mol. The van der Waals surface area contributed by atoms with Gasteiger partial charge in [-0.25, -0.2) is 13.4 Å². The molecule has 0 aliphatic carbocycles. The van der Waals surface area contributed by atoms with E-state index in [2.05, 4.69) is 15.0 Å². The molecule has 26 heavy (non-hydrogen) atoms. The van der Waals surface area contributed by atoms with Crippen LogP contribution in [0.3, 0.4) is 0 Å². The summed E-state index contributed by atoms with van der Waals surface area (Å²) in [6.45, 7) is 3.69. The predicted octanol–water partition coefficient (Wildman–Crippen LogP) is 4.90. The SMILES string of the molecule is Cc1ccc(Nc2ccc(NS(=O)(=O)c3ccccc3C)cn2)cc1Cl. The van der Waals surface area contributed by atoms with Gasteiger partial charge in [0.05, 0.1) is 16.8 Å². The Morgan fingerprint density at radius 2 is 1.65 bits per heavy atom. The van der Waals surface area contributed by atoms with Crippen LogP contribution >= 0.6 is 11.6 Å². The highest BCUT2D eigenvalue weighted by Gasteiger charge is 2.16. The van der Waals surface area contributed by atoms with E-state index in [0.29, 0.717) is 22.1 Å². The van der Waals surface area contributed by atoms with Gasteiger partial charge in [0.25, 0.3) is 10.0 Å². The van der Waals surface area contributed by atoms with Gasteiger partial charge in [0.1, 0.15) is 5.82 Å². The molecule has 0 saturated heterocycles. The molecule has 0 spiro atoms. The van der Waals surface area contributed by atoms with Gasteiger partial charge in [0.15, 0.2) is 0 Å². The molecule has 2 aromatic carbocycles. The van der Waals surface area contributed by atoms with E-state index >= 15 is 0 Å². The second-order valence-electron chi connectivity index (χ2n) is 5.89. The number of aryl methyl sites for hydroxylation is 2. The molecular weight excluding hydrogens is 370 g/mol. The summed E-state index contributed by atoms with van der Waals surface area (Å²) in [7, 11) is -3.65. The zero-order chi connectivity index (χ0) is 18.7. The fourth-order valence-corrected chi connectivity index (χ4v) is 3.89. The zero-order valence-electron chi connectivity index (χ0n) is 14.3. The molecule has 0 radical (unpaired) electrons. The Balaban J connectivity index is 1.75. The van der Waals surface area contributed by atoms with Gasteiger partial charge in [-0.15, -0.1) is 0 Å². The van der Waals surface area contributed by atoms with Gasteiger partial charge in [-0.1, -0.05) is 35.9 Å². The molecule has 0 bridgehead atoms. The molecular formula is C19H18ClN3O2S. The number of halogens is 1. The van der Waals surface area contributed by atoms with Gasteiger partial charge in [-0.3, -0.25) is 4.72 Å². The van der Waals surface area contributed by atoms with Crippen molar-refractivity contribution in [3.8, 4) is 0 Å². The van der Waals surface area contributed by atoms with Crippen LogP contribution in [0.5, 0.6) is 0 Å². The molecule has 0 atom stereocenters. The number of hydrogen-bond donors (Lipinski definition) is 2. The maximum Gasteiger partial charge on any atom is 0.262 e. The second kappa shape index (κ2) is 7.35. The maximum atomic E-state index is 12.5. The molecule has 5 nitrogen and oxygen atoms in total. The molecule has 7 heteroatoms. The molecule has 1 heterocycles. The van der Waals surface area contributed by atoms with E-state index in [1.54, 1.807) is 43.3 Å². The number of pyridine rings is 1. The van der Waals surface area contributed by atoms with E-state index in [0.717, 1.165) is 11.3 Å². The quantitative estimate of drug-likeness (QED) is 0.653. The summed E-state index contributed by atoms with van der Waals surface area (Å²) in [6.07, 6.45) is 1.47. The van der Waals surface area contributed by atoms with Crippen LogP contribution in [0, 0.1) is 13.8 Å². The first-order chi connectivity index (χ1) is 12.3. The van der Waals surface area contributed by atoms with Crippen LogP contribution in [0.1, 0.15) is 11.1 Å². The summed E-state index contributed by atoms with van der Waals surface area (Å²) in [5, 5.41) is 3.79. The molecule has 1 aromatic heterocycles. The van der Waals surface area contributed by atoms with Crippen LogP contribution in [0.2, 0.25) is 5.02 Å². The third-order valence-corrected chi connectivity index (χ3v) is 5.79. The van der Waals surface area contributed by atoms with Gasteiger partial charge in [-0.2, -0.15) is 0 Å². The molecule has 0 aliphatic heterocycles. The third kappa shape index (κ3) is 4.15. The summed E-state index contributed by atoms with van der Waals surface area (Å²) in [5.41, 5.74) is 2.87. The summed E-state index contributed by atoms with van der Waals surface area (Å²) < 4.78 is 27.5. The predicted molar refractivity (Wildman–Crippen MR) is 106 cm³/mol. The summed E-state index contributed by atoms with van der Waals surface area (Å²) in [5.74, 6) is 0.587. The normalized spacial score (nSPS) is 11.2. The molecule has 0 fully saturated rings. The lowest BCUT2D eigenvalue weighted by molar-refractivity contribution is 0.600. The Morgan fingerprint density at radius 3 is 2.31 bits per heavy atom. The number of sulfonamides is 1. The smallest absolute Gasteiger partial charge is 0.262 e. The average Bonchev–Trinajstić information content (AvgIpc) is 2.60. The number of nitrogens with zero attached hydrogens (tertiary/aromatic N) is 1. The number of rotatable bonds is 5. The summed E-state index contributed by atoms with van der Waals surface area (Å²) in [4.78, 5) is 4.49. The highest BCUT2D eigenvalue weighted by Crippen LogP contribution is 2.23. The lowest BCUT2D eigenvalue weighted by atomic mass is 10.2. The van der Waals surface area contributed by atoms with Crippen LogP contribution in [0.25, 0.3) is 0 Å². The van der Waals surface area contributed by atoms with E-state index < -0.39 is 10.0 Å². The van der Waals surface area contributed by atoms with E-state index in [1.807, 2.05) is 25.1 Å². The highest BCUT2D eigenvalue weighted by molar-refractivity contribution is 7.92. The third-order valence-electron chi connectivity index (χ3n) is 3.84. The van der Waals surface area contributed by atoms with Crippen LogP contribution in [0.4, 0.5) is 17.2 Å². The molecule has 0 amide bonds. The van der Waals surface area contributed by atoms with E-state index in [1.165, 1.54) is 6.20 Å². The number of aromatic nitrogens is 1. The van der Waals surface area contributed by atoms with E-state index in [9.17, 15) is 8.42 Å². The first kappa shape index (κ1) is 18.2. The van der Waals surface area contributed by atoms with Crippen molar-refractivity contribution in [2.24, 2.45) is 0 Å². The van der Waals surface area contributed by atoms with Crippen molar-refractivity contribution in [1.29, 1.82) is 0 Å². The van der Waals surface area contributed by atoms with Crippen LogP contribution in [-0.2, 0) is 10.0 Å². The number of benzene rings is 2. The number of nitrogens with one attached hydrogen (secondary N) is 2. The van der Waals surface area contributed by atoms with Crippen LogP contribution in [-0.4, -0.2) is 13.4 Å². The van der Waals surface area contributed by atoms with Crippen molar-refractivity contribution in [3.63, 3.8) is 0 Å². The van der Waals surface area contributed by atoms with Crippen LogP contribution < -0.4 is 10.0 Å². The minimum absolute atomic E-state index is 0.247. The number of anilines is 3. The van der Waals surface area contributed by atoms with Crippen molar-refractivity contribution in [2.75, 3.05) is 10.0 Å². The molecule has 3 rings (SSSR count). The maximum absolute atomic E-state index is 12.5. The standard InChI is InChI=1S/C19H18ClN3O2S/c1-13-7-8-15(11-17(13)20)22-19-10-9-16(12-21-19)23-26(24,25)18-6-4-3-5-14(18)2/h3-12,23H,1-2H3,(H,21,22). The Labute approximate surface area is 158 Å². The van der Waals surface area contributed by atoms with Crippen molar-refractivity contribution < 1.29 is 8.42 Å². The Hall–Kier alpha value is -2.57. The first-order valence-corrected chi connectivity index (χ1v) is 9.79. The summed E-state index contributed by atoms with van der Waals surface area (Å²) in [6, 6.07) is 15.8. The molecule has 0 unspecified atom stereocenters. The lowest BCUT2D eigenvalue weighted by Gasteiger charge is -2.11. The molecule has 0 aliphatic rings. The Morgan fingerprint density at radius 1 is 0.923 bits per heavy atom. The van der Waals surface area contributed by atoms with Crippen molar-refractivity contribution in [1.82, 2.24) is 4.98 Å². The second-order valence-corrected chi connectivity index (χ2v) is 7.95. The molecule has 0 saturated carbocycles. The van der Waals surface area contributed by atoms with E-state index in [4.69, 9.17) is 11.6 Å². The van der Waals surface area contributed by atoms with Gasteiger partial charge < -0.3 is 5.32 Å². The lowest BCUT2D eigenvalue weighted by Crippen LogP contribution is -2.14. The van der Waals surface area contributed by atoms with Gasteiger partial charge in [-0.05, 0) is 55.3 Å². The highest BCUT2D eigenvalue weighted by atomic mass is 35.5. The minimum Gasteiger partial charge on any atom is -0.340 e. The topological polar surface area (TPSA) is 71.1 Å².